The molecule has 2 atom stereocenters. The lowest BCUT2D eigenvalue weighted by Gasteiger charge is -2.30. The molecule has 1 aliphatic heterocycles. The van der Waals surface area contributed by atoms with Gasteiger partial charge in [0.25, 0.3) is 5.91 Å². The Balaban J connectivity index is 1.99. The number of nitrogens with one attached hydrogen (secondary N) is 1. The van der Waals surface area contributed by atoms with Crippen LogP contribution >= 0.6 is 0 Å². The monoisotopic (exact) mass is 290 g/mol. The van der Waals surface area contributed by atoms with Gasteiger partial charge in [0.15, 0.2) is 0 Å². The van der Waals surface area contributed by atoms with E-state index < -0.39 is 0 Å². The highest BCUT2D eigenvalue weighted by Crippen LogP contribution is 2.22. The van der Waals surface area contributed by atoms with E-state index in [-0.39, 0.29) is 5.91 Å². The molecule has 0 radical (unpaired) electrons. The molecule has 0 aromatic heterocycles. The lowest BCUT2D eigenvalue weighted by atomic mass is 9.99. The summed E-state index contributed by atoms with van der Waals surface area (Å²) in [7, 11) is 3.55. The first-order chi connectivity index (χ1) is 10.1. The van der Waals surface area contributed by atoms with Crippen LogP contribution in [0.25, 0.3) is 0 Å². The van der Waals surface area contributed by atoms with Crippen molar-refractivity contribution in [2.24, 2.45) is 0 Å². The standard InChI is InChI=1S/C17H26N2O2/c1-4-6-16-12-15(9-10-21-16)18-14-8-5-7-13(11-14)17(20)19(2)3/h5,7-8,11,15-16,18H,4,6,9-10,12H2,1-3H3. The van der Waals surface area contributed by atoms with Crippen molar-refractivity contribution in [3.05, 3.63) is 29.8 Å². The number of amides is 1. The quantitative estimate of drug-likeness (QED) is 0.905. The Morgan fingerprint density at radius 3 is 2.95 bits per heavy atom. The molecule has 1 N–H and O–H groups in total. The number of ether oxygens (including phenoxy) is 1. The van der Waals surface area contributed by atoms with E-state index >= 15 is 0 Å². The van der Waals surface area contributed by atoms with Crippen LogP contribution in [-0.2, 0) is 4.74 Å². The van der Waals surface area contributed by atoms with Crippen molar-refractivity contribution in [2.75, 3.05) is 26.0 Å². The molecule has 2 unspecified atom stereocenters. The maximum Gasteiger partial charge on any atom is 0.253 e. The van der Waals surface area contributed by atoms with E-state index in [1.54, 1.807) is 19.0 Å². The zero-order valence-electron chi connectivity index (χ0n) is 13.3. The van der Waals surface area contributed by atoms with Crippen molar-refractivity contribution < 1.29 is 9.53 Å². The number of carbonyl (C=O) groups is 1. The van der Waals surface area contributed by atoms with E-state index in [0.29, 0.717) is 12.1 Å². The second-order valence-electron chi connectivity index (χ2n) is 5.93. The van der Waals surface area contributed by atoms with Gasteiger partial charge in [0.05, 0.1) is 6.10 Å². The highest BCUT2D eigenvalue weighted by Gasteiger charge is 2.22. The molecule has 1 aliphatic rings. The third-order valence-corrected chi connectivity index (χ3v) is 3.86. The average molecular weight is 290 g/mol. The molecule has 1 fully saturated rings. The van der Waals surface area contributed by atoms with Crippen LogP contribution in [0.4, 0.5) is 5.69 Å². The summed E-state index contributed by atoms with van der Waals surface area (Å²) in [4.78, 5) is 13.6. The number of carbonyl (C=O) groups excluding carboxylic acids is 1. The Morgan fingerprint density at radius 1 is 1.43 bits per heavy atom. The zero-order valence-corrected chi connectivity index (χ0v) is 13.3. The number of rotatable bonds is 5. The van der Waals surface area contributed by atoms with Gasteiger partial charge < -0.3 is 15.0 Å². The summed E-state index contributed by atoms with van der Waals surface area (Å²) in [6.45, 7) is 3.01. The Hall–Kier alpha value is -1.55. The van der Waals surface area contributed by atoms with Crippen molar-refractivity contribution >= 4 is 11.6 Å². The zero-order chi connectivity index (χ0) is 15.2. The second kappa shape index (κ2) is 7.46. The van der Waals surface area contributed by atoms with E-state index in [1.165, 1.54) is 0 Å². The van der Waals surface area contributed by atoms with Crippen molar-refractivity contribution in [1.82, 2.24) is 4.90 Å². The maximum absolute atomic E-state index is 12.0. The molecule has 0 aliphatic carbocycles. The smallest absolute Gasteiger partial charge is 0.253 e. The number of benzene rings is 1. The second-order valence-corrected chi connectivity index (χ2v) is 5.93. The average Bonchev–Trinajstić information content (AvgIpc) is 2.47. The van der Waals surface area contributed by atoms with Gasteiger partial charge in [-0.1, -0.05) is 19.4 Å². The van der Waals surface area contributed by atoms with Gasteiger partial charge in [0.1, 0.15) is 0 Å². The van der Waals surface area contributed by atoms with E-state index in [2.05, 4.69) is 12.2 Å². The van der Waals surface area contributed by atoms with Gasteiger partial charge in [0.2, 0.25) is 0 Å². The summed E-state index contributed by atoms with van der Waals surface area (Å²) < 4.78 is 5.78. The van der Waals surface area contributed by atoms with Gasteiger partial charge in [-0.15, -0.1) is 0 Å². The number of nitrogens with zero attached hydrogens (tertiary/aromatic N) is 1. The van der Waals surface area contributed by atoms with Crippen LogP contribution in [0.2, 0.25) is 0 Å². The van der Waals surface area contributed by atoms with E-state index in [4.69, 9.17) is 4.74 Å². The van der Waals surface area contributed by atoms with Crippen molar-refractivity contribution in [3.63, 3.8) is 0 Å². The highest BCUT2D eigenvalue weighted by atomic mass is 16.5. The van der Waals surface area contributed by atoms with Gasteiger partial charge in [-0.25, -0.2) is 0 Å². The minimum absolute atomic E-state index is 0.0366. The molecule has 1 aromatic carbocycles. The fraction of sp³-hybridized carbons (Fsp3) is 0.588. The molecular formula is C17H26N2O2. The number of hydrogen-bond acceptors (Lipinski definition) is 3. The molecular weight excluding hydrogens is 264 g/mol. The summed E-state index contributed by atoms with van der Waals surface area (Å²) in [5.41, 5.74) is 1.74. The van der Waals surface area contributed by atoms with Crippen LogP contribution in [0.5, 0.6) is 0 Å². The van der Waals surface area contributed by atoms with Crippen molar-refractivity contribution in [2.45, 2.75) is 44.8 Å². The fourth-order valence-corrected chi connectivity index (χ4v) is 2.77. The van der Waals surface area contributed by atoms with Crippen LogP contribution < -0.4 is 5.32 Å². The molecule has 4 heteroatoms. The van der Waals surface area contributed by atoms with Crippen molar-refractivity contribution in [3.8, 4) is 0 Å². The van der Waals surface area contributed by atoms with Crippen LogP contribution in [0.3, 0.4) is 0 Å². The summed E-state index contributed by atoms with van der Waals surface area (Å²) in [6.07, 6.45) is 4.71. The van der Waals surface area contributed by atoms with Crippen molar-refractivity contribution in [1.29, 1.82) is 0 Å². The Labute approximate surface area is 127 Å². The molecule has 1 aromatic rings. The van der Waals surface area contributed by atoms with Crippen LogP contribution in [-0.4, -0.2) is 43.7 Å². The first-order valence-electron chi connectivity index (χ1n) is 7.80. The molecule has 0 spiro atoms. The third kappa shape index (κ3) is 4.46. The fourth-order valence-electron chi connectivity index (χ4n) is 2.77. The molecule has 0 saturated carbocycles. The molecule has 116 valence electrons. The Morgan fingerprint density at radius 2 is 2.24 bits per heavy atom. The predicted octanol–water partition coefficient (Wildman–Crippen LogP) is 3.15. The molecule has 1 amide bonds. The van der Waals surface area contributed by atoms with Gasteiger partial charge >= 0.3 is 0 Å². The molecule has 1 heterocycles. The summed E-state index contributed by atoms with van der Waals surface area (Å²) in [6, 6.07) is 8.18. The van der Waals surface area contributed by atoms with E-state index in [9.17, 15) is 4.79 Å². The van der Waals surface area contributed by atoms with Gasteiger partial charge in [-0.2, -0.15) is 0 Å². The maximum atomic E-state index is 12.0. The molecule has 1 saturated heterocycles. The number of hydrogen-bond donors (Lipinski definition) is 1. The van der Waals surface area contributed by atoms with E-state index in [1.807, 2.05) is 24.3 Å². The lowest BCUT2D eigenvalue weighted by Crippen LogP contribution is -2.34. The third-order valence-electron chi connectivity index (χ3n) is 3.86. The van der Waals surface area contributed by atoms with E-state index in [0.717, 1.165) is 43.5 Å². The first-order valence-corrected chi connectivity index (χ1v) is 7.80. The molecule has 2 rings (SSSR count). The van der Waals surface area contributed by atoms with Gasteiger partial charge in [-0.05, 0) is 37.5 Å². The van der Waals surface area contributed by atoms with Crippen LogP contribution in [0.15, 0.2) is 24.3 Å². The first kappa shape index (κ1) is 15.8. The Bertz CT molecular complexity index is 472. The topological polar surface area (TPSA) is 41.6 Å². The van der Waals surface area contributed by atoms with Gasteiger partial charge in [-0.3, -0.25) is 4.79 Å². The summed E-state index contributed by atoms with van der Waals surface area (Å²) in [5, 5.41) is 3.55. The SMILES string of the molecule is CCCC1CC(Nc2cccc(C(=O)N(C)C)c2)CCO1. The number of anilines is 1. The highest BCUT2D eigenvalue weighted by molar-refractivity contribution is 5.94. The Kier molecular flexibility index (Phi) is 5.62. The van der Waals surface area contributed by atoms with Crippen LogP contribution in [0, 0.1) is 0 Å². The summed E-state index contributed by atoms with van der Waals surface area (Å²) in [5.74, 6) is 0.0366. The minimum Gasteiger partial charge on any atom is -0.382 e. The molecule has 0 bridgehead atoms. The van der Waals surface area contributed by atoms with Gasteiger partial charge in [0, 0.05) is 38.0 Å². The predicted molar refractivity (Wildman–Crippen MR) is 85.8 cm³/mol. The largest absolute Gasteiger partial charge is 0.382 e. The molecule has 21 heavy (non-hydrogen) atoms. The van der Waals surface area contributed by atoms with Crippen LogP contribution in [0.1, 0.15) is 43.0 Å². The summed E-state index contributed by atoms with van der Waals surface area (Å²) >= 11 is 0. The molecule has 4 nitrogen and oxygen atoms in total. The minimum atomic E-state index is 0.0366. The lowest BCUT2D eigenvalue weighted by molar-refractivity contribution is 0.00597. The normalized spacial score (nSPS) is 21.9.